The number of aryl methyl sites for hydroxylation is 1. The molecule has 0 bridgehead atoms. The monoisotopic (exact) mass is 432 g/mol. The van der Waals surface area contributed by atoms with E-state index in [-0.39, 0.29) is 23.8 Å². The van der Waals surface area contributed by atoms with E-state index in [2.05, 4.69) is 10.3 Å². The molecular formula is C24H24N4O4. The van der Waals surface area contributed by atoms with Gasteiger partial charge in [-0.1, -0.05) is 25.1 Å². The highest BCUT2D eigenvalue weighted by molar-refractivity contribution is 5.91. The maximum absolute atomic E-state index is 12.7. The zero-order valence-corrected chi connectivity index (χ0v) is 17.9. The zero-order chi connectivity index (χ0) is 22.7. The number of H-pyrrole nitrogens is 1. The van der Waals surface area contributed by atoms with Gasteiger partial charge in [0.2, 0.25) is 0 Å². The number of hydrogen-bond acceptors (Lipinski definition) is 4. The molecule has 2 aromatic carbocycles. The van der Waals surface area contributed by atoms with Crippen LogP contribution in [0.2, 0.25) is 0 Å². The van der Waals surface area contributed by atoms with Gasteiger partial charge in [-0.15, -0.1) is 0 Å². The summed E-state index contributed by atoms with van der Waals surface area (Å²) in [5.74, 6) is 0.297. The number of carbonyl (C=O) groups excluding carboxylic acids is 1. The lowest BCUT2D eigenvalue weighted by atomic mass is 10.1. The molecule has 2 aromatic heterocycles. The van der Waals surface area contributed by atoms with Crippen LogP contribution in [0.4, 0.5) is 5.69 Å². The molecule has 0 spiro atoms. The van der Waals surface area contributed by atoms with Gasteiger partial charge in [0, 0.05) is 25.0 Å². The van der Waals surface area contributed by atoms with Gasteiger partial charge in [0.15, 0.2) is 6.61 Å². The van der Waals surface area contributed by atoms with Gasteiger partial charge >= 0.3 is 5.69 Å². The Morgan fingerprint density at radius 1 is 1.06 bits per heavy atom. The molecule has 164 valence electrons. The number of ether oxygens (including phenoxy) is 1. The molecule has 2 heterocycles. The lowest BCUT2D eigenvalue weighted by Gasteiger charge is -2.08. The summed E-state index contributed by atoms with van der Waals surface area (Å²) in [5.41, 5.74) is 2.57. The Bertz CT molecular complexity index is 1370. The number of nitrogens with one attached hydrogen (secondary N) is 2. The van der Waals surface area contributed by atoms with E-state index in [1.165, 1.54) is 9.13 Å². The Morgan fingerprint density at radius 2 is 1.78 bits per heavy atom. The largest absolute Gasteiger partial charge is 0.484 e. The minimum Gasteiger partial charge on any atom is -0.484 e. The normalized spacial score (nSPS) is 10.9. The van der Waals surface area contributed by atoms with Crippen molar-refractivity contribution >= 4 is 22.6 Å². The van der Waals surface area contributed by atoms with Crippen LogP contribution in [0.25, 0.3) is 22.3 Å². The number of hydrogen-bond donors (Lipinski definition) is 2. The maximum atomic E-state index is 12.7. The Hall–Kier alpha value is -4.07. The van der Waals surface area contributed by atoms with Gasteiger partial charge in [-0.25, -0.2) is 4.79 Å². The van der Waals surface area contributed by atoms with Crippen molar-refractivity contribution in [1.29, 1.82) is 0 Å². The summed E-state index contributed by atoms with van der Waals surface area (Å²) in [6.07, 6.45) is 0.694. The molecule has 0 radical (unpaired) electrons. The highest BCUT2D eigenvalue weighted by Crippen LogP contribution is 2.24. The lowest BCUT2D eigenvalue weighted by Crippen LogP contribution is -2.38. The quantitative estimate of drug-likeness (QED) is 0.469. The van der Waals surface area contributed by atoms with Crippen LogP contribution in [0.5, 0.6) is 5.75 Å². The molecule has 0 saturated carbocycles. The molecule has 0 unspecified atom stereocenters. The number of anilines is 1. The van der Waals surface area contributed by atoms with Gasteiger partial charge in [-0.2, -0.15) is 0 Å². The van der Waals surface area contributed by atoms with Crippen LogP contribution in [0, 0.1) is 0 Å². The first-order valence-corrected chi connectivity index (χ1v) is 10.4. The second-order valence-corrected chi connectivity index (χ2v) is 7.47. The summed E-state index contributed by atoms with van der Waals surface area (Å²) in [4.78, 5) is 40.4. The van der Waals surface area contributed by atoms with Crippen molar-refractivity contribution < 1.29 is 9.53 Å². The van der Waals surface area contributed by atoms with E-state index in [4.69, 9.17) is 4.74 Å². The standard InChI is InChI=1S/C24H24N4O4/c1-3-13-28-23(30)22-20(27(2)24(28)31)14-19(26-22)16-9-11-18(12-10-16)32-15-21(29)25-17-7-5-4-6-8-17/h4-12,14,26H,3,13,15H2,1-2H3,(H,25,29). The van der Waals surface area contributed by atoms with Crippen molar-refractivity contribution in [3.8, 4) is 17.0 Å². The van der Waals surface area contributed by atoms with E-state index in [0.29, 0.717) is 35.4 Å². The fourth-order valence-corrected chi connectivity index (χ4v) is 3.55. The molecule has 0 saturated heterocycles. The van der Waals surface area contributed by atoms with Crippen LogP contribution in [0.15, 0.2) is 70.3 Å². The van der Waals surface area contributed by atoms with Crippen molar-refractivity contribution in [3.05, 3.63) is 81.5 Å². The van der Waals surface area contributed by atoms with Crippen molar-refractivity contribution in [2.75, 3.05) is 11.9 Å². The highest BCUT2D eigenvalue weighted by Gasteiger charge is 2.14. The van der Waals surface area contributed by atoms with Gasteiger partial charge in [-0.05, 0) is 54.4 Å². The van der Waals surface area contributed by atoms with Gasteiger partial charge < -0.3 is 15.0 Å². The van der Waals surface area contributed by atoms with E-state index in [9.17, 15) is 14.4 Å². The van der Waals surface area contributed by atoms with E-state index in [0.717, 1.165) is 11.3 Å². The Balaban J connectivity index is 1.51. The minimum absolute atomic E-state index is 0.111. The predicted molar refractivity (Wildman–Crippen MR) is 124 cm³/mol. The van der Waals surface area contributed by atoms with Gasteiger partial charge in [-0.3, -0.25) is 18.7 Å². The summed E-state index contributed by atoms with van der Waals surface area (Å²) in [5, 5.41) is 2.76. The van der Waals surface area contributed by atoms with Gasteiger partial charge in [0.1, 0.15) is 11.3 Å². The van der Waals surface area contributed by atoms with Gasteiger partial charge in [0.05, 0.1) is 5.52 Å². The highest BCUT2D eigenvalue weighted by atomic mass is 16.5. The molecule has 0 aliphatic heterocycles. The number of fused-ring (bicyclic) bond motifs is 1. The number of aromatic nitrogens is 3. The molecule has 2 N–H and O–H groups in total. The van der Waals surface area contributed by atoms with E-state index < -0.39 is 0 Å². The van der Waals surface area contributed by atoms with Crippen LogP contribution in [0.1, 0.15) is 13.3 Å². The molecule has 0 atom stereocenters. The summed E-state index contributed by atoms with van der Waals surface area (Å²) in [7, 11) is 1.66. The molecule has 1 amide bonds. The second kappa shape index (κ2) is 8.97. The molecule has 0 fully saturated rings. The minimum atomic E-state index is -0.326. The average Bonchev–Trinajstić information content (AvgIpc) is 3.26. The number of para-hydroxylation sites is 1. The molecule has 0 aliphatic carbocycles. The average molecular weight is 432 g/mol. The summed E-state index contributed by atoms with van der Waals surface area (Å²) < 4.78 is 8.30. The summed E-state index contributed by atoms with van der Waals surface area (Å²) in [6.45, 7) is 2.19. The number of benzene rings is 2. The van der Waals surface area contributed by atoms with Crippen LogP contribution < -0.4 is 21.3 Å². The summed E-state index contributed by atoms with van der Waals surface area (Å²) in [6, 6.07) is 18.1. The van der Waals surface area contributed by atoms with Crippen LogP contribution in [0.3, 0.4) is 0 Å². The Labute approximate surface area is 184 Å². The first kappa shape index (κ1) is 21.2. The van der Waals surface area contributed by atoms with Crippen molar-refractivity contribution in [2.24, 2.45) is 7.05 Å². The van der Waals surface area contributed by atoms with Crippen LogP contribution in [-0.4, -0.2) is 26.6 Å². The molecule has 4 aromatic rings. The molecule has 8 nitrogen and oxygen atoms in total. The Kier molecular flexibility index (Phi) is 5.93. The number of carbonyl (C=O) groups is 1. The lowest BCUT2D eigenvalue weighted by molar-refractivity contribution is -0.118. The van der Waals surface area contributed by atoms with Crippen LogP contribution >= 0.6 is 0 Å². The number of rotatable bonds is 7. The van der Waals surface area contributed by atoms with E-state index in [1.807, 2.05) is 37.3 Å². The fourth-order valence-electron chi connectivity index (χ4n) is 3.55. The second-order valence-electron chi connectivity index (χ2n) is 7.47. The molecule has 4 rings (SSSR count). The van der Waals surface area contributed by atoms with Crippen molar-refractivity contribution in [2.45, 2.75) is 19.9 Å². The van der Waals surface area contributed by atoms with Crippen molar-refractivity contribution in [3.63, 3.8) is 0 Å². The fraction of sp³-hybridized carbons (Fsp3) is 0.208. The van der Waals surface area contributed by atoms with Crippen molar-refractivity contribution in [1.82, 2.24) is 14.1 Å². The molecule has 8 heteroatoms. The SMILES string of the molecule is CCCn1c(=O)c2[nH]c(-c3ccc(OCC(=O)Nc4ccccc4)cc3)cc2n(C)c1=O. The first-order valence-electron chi connectivity index (χ1n) is 10.4. The first-order chi connectivity index (χ1) is 15.5. The molecule has 0 aliphatic rings. The van der Waals surface area contributed by atoms with E-state index >= 15 is 0 Å². The number of aromatic amines is 1. The van der Waals surface area contributed by atoms with E-state index in [1.54, 1.807) is 37.4 Å². The van der Waals surface area contributed by atoms with Crippen LogP contribution in [-0.2, 0) is 18.4 Å². The molecular weight excluding hydrogens is 408 g/mol. The number of amides is 1. The van der Waals surface area contributed by atoms with Gasteiger partial charge in [0.25, 0.3) is 11.5 Å². The predicted octanol–water partition coefficient (Wildman–Crippen LogP) is 3.12. The Morgan fingerprint density at radius 3 is 2.47 bits per heavy atom. The smallest absolute Gasteiger partial charge is 0.331 e. The summed E-state index contributed by atoms with van der Waals surface area (Å²) >= 11 is 0. The number of nitrogens with zero attached hydrogens (tertiary/aromatic N) is 2. The third-order valence-corrected chi connectivity index (χ3v) is 5.18. The zero-order valence-electron chi connectivity index (χ0n) is 17.9. The maximum Gasteiger partial charge on any atom is 0.331 e. The molecule has 32 heavy (non-hydrogen) atoms. The third kappa shape index (κ3) is 4.20. The topological polar surface area (TPSA) is 98.1 Å². The third-order valence-electron chi connectivity index (χ3n) is 5.18.